The van der Waals surface area contributed by atoms with E-state index in [2.05, 4.69) is 68.4 Å². The Kier molecular flexibility index (Phi) is 5.41. The number of hydrogen-bond acceptors (Lipinski definition) is 4. The van der Waals surface area contributed by atoms with Crippen LogP contribution >= 0.6 is 0 Å². The molecule has 3 heterocycles. The zero-order valence-corrected chi connectivity index (χ0v) is 17.0. The summed E-state index contributed by atoms with van der Waals surface area (Å²) in [6.07, 6.45) is 5.42. The van der Waals surface area contributed by atoms with Gasteiger partial charge in [-0.3, -0.25) is 14.8 Å². The maximum atomic E-state index is 5.90. The number of aromatic nitrogens is 1. The first-order valence-electron chi connectivity index (χ1n) is 10.9. The molecule has 0 bridgehead atoms. The summed E-state index contributed by atoms with van der Waals surface area (Å²) in [4.78, 5) is 14.3. The van der Waals surface area contributed by atoms with Crippen LogP contribution in [0.25, 0.3) is 10.9 Å². The first kappa shape index (κ1) is 18.5. The number of benzene rings is 2. The van der Waals surface area contributed by atoms with Crippen LogP contribution in [0.5, 0.6) is 0 Å². The zero-order chi connectivity index (χ0) is 19.5. The molecule has 5 nitrogen and oxygen atoms in total. The smallest absolute Gasteiger partial charge is 0.0789 e. The molecule has 2 aliphatic rings. The number of piperazine rings is 1. The molecule has 3 aromatic rings. The highest BCUT2D eigenvalue weighted by atomic mass is 16.7. The zero-order valence-electron chi connectivity index (χ0n) is 17.0. The highest BCUT2D eigenvalue weighted by Crippen LogP contribution is 2.26. The molecule has 0 unspecified atom stereocenters. The molecule has 0 atom stereocenters. The number of anilines is 2. The molecule has 0 radical (unpaired) electrons. The van der Waals surface area contributed by atoms with Crippen LogP contribution in [0.3, 0.4) is 0 Å². The first-order chi connectivity index (χ1) is 14.4. The summed E-state index contributed by atoms with van der Waals surface area (Å²) in [5, 5.41) is 3.40. The number of hydroxylamine groups is 1. The largest absolute Gasteiger partial charge is 0.369 e. The van der Waals surface area contributed by atoms with Gasteiger partial charge >= 0.3 is 0 Å². The molecule has 0 spiro atoms. The van der Waals surface area contributed by atoms with Crippen molar-refractivity contribution in [1.82, 2.24) is 9.88 Å². The average Bonchev–Trinajstić information content (AvgIpc) is 3.25. The van der Waals surface area contributed by atoms with Gasteiger partial charge in [-0.2, -0.15) is 0 Å². The minimum absolute atomic E-state index is 0.799. The van der Waals surface area contributed by atoms with E-state index in [1.165, 1.54) is 47.2 Å². The lowest BCUT2D eigenvalue weighted by atomic mass is 10.1. The molecule has 5 rings (SSSR count). The number of nitrogens with zero attached hydrogens (tertiary/aromatic N) is 3. The minimum atomic E-state index is 0.799. The van der Waals surface area contributed by atoms with Gasteiger partial charge < -0.3 is 9.88 Å². The Hall–Kier alpha value is -2.50. The lowest BCUT2D eigenvalue weighted by Crippen LogP contribution is -2.46. The van der Waals surface area contributed by atoms with E-state index < -0.39 is 0 Å². The van der Waals surface area contributed by atoms with Gasteiger partial charge in [0.25, 0.3) is 0 Å². The topological polar surface area (TPSA) is 34.7 Å². The van der Waals surface area contributed by atoms with Crippen LogP contribution in [0.4, 0.5) is 11.4 Å². The molecule has 0 aliphatic carbocycles. The molecule has 29 heavy (non-hydrogen) atoms. The maximum Gasteiger partial charge on any atom is 0.0789 e. The van der Waals surface area contributed by atoms with Crippen molar-refractivity contribution in [2.45, 2.75) is 19.3 Å². The van der Waals surface area contributed by atoms with E-state index in [4.69, 9.17) is 4.84 Å². The van der Waals surface area contributed by atoms with Crippen LogP contribution < -0.4 is 9.96 Å². The number of fused-ring (bicyclic) bond motifs is 2. The molecule has 0 saturated carbocycles. The standard InChI is InChI=1S/C24H30N4O/c1-2-6-24-20(5-1)10-18-29-28(24)13-4-3-12-26-14-16-27(17-15-26)22-7-8-23-21(19-22)9-11-25-23/h1-2,5-9,11,19,25H,3-4,10,12-18H2. The molecule has 2 aliphatic heterocycles. The van der Waals surface area contributed by atoms with Gasteiger partial charge in [-0.05, 0) is 55.3 Å². The summed E-state index contributed by atoms with van der Waals surface area (Å²) in [7, 11) is 0. The summed E-state index contributed by atoms with van der Waals surface area (Å²) < 4.78 is 0. The van der Waals surface area contributed by atoms with Gasteiger partial charge in [0.1, 0.15) is 0 Å². The number of rotatable bonds is 6. The molecule has 1 aromatic heterocycles. The molecular weight excluding hydrogens is 360 g/mol. The van der Waals surface area contributed by atoms with E-state index in [-0.39, 0.29) is 0 Å². The van der Waals surface area contributed by atoms with Crippen molar-refractivity contribution in [2.24, 2.45) is 0 Å². The minimum Gasteiger partial charge on any atom is -0.369 e. The Bertz CT molecular complexity index is 945. The van der Waals surface area contributed by atoms with E-state index in [1.54, 1.807) is 0 Å². The normalized spacial score (nSPS) is 17.7. The van der Waals surface area contributed by atoms with Crippen molar-refractivity contribution < 1.29 is 4.84 Å². The number of nitrogens with one attached hydrogen (secondary N) is 1. The Morgan fingerprint density at radius 2 is 1.76 bits per heavy atom. The van der Waals surface area contributed by atoms with Gasteiger partial charge in [0.05, 0.1) is 12.3 Å². The number of para-hydroxylation sites is 1. The molecule has 2 aromatic carbocycles. The third kappa shape index (κ3) is 4.11. The number of H-pyrrole nitrogens is 1. The Morgan fingerprint density at radius 1 is 0.897 bits per heavy atom. The van der Waals surface area contributed by atoms with Gasteiger partial charge in [-0.25, -0.2) is 0 Å². The van der Waals surface area contributed by atoms with Crippen molar-refractivity contribution in [3.05, 3.63) is 60.3 Å². The molecular formula is C24H30N4O. The molecule has 1 saturated heterocycles. The fraction of sp³-hybridized carbons (Fsp3) is 0.417. The van der Waals surface area contributed by atoms with Gasteiger partial charge in [0, 0.05) is 61.9 Å². The lowest BCUT2D eigenvalue weighted by molar-refractivity contribution is 0.0982. The number of hydrogen-bond donors (Lipinski definition) is 1. The van der Waals surface area contributed by atoms with Crippen molar-refractivity contribution in [3.8, 4) is 0 Å². The van der Waals surface area contributed by atoms with E-state index >= 15 is 0 Å². The number of aromatic amines is 1. The van der Waals surface area contributed by atoms with Gasteiger partial charge in [0.2, 0.25) is 0 Å². The van der Waals surface area contributed by atoms with Gasteiger partial charge in [-0.1, -0.05) is 18.2 Å². The van der Waals surface area contributed by atoms with Gasteiger partial charge in [0.15, 0.2) is 0 Å². The molecule has 1 fully saturated rings. The second-order valence-electron chi connectivity index (χ2n) is 8.10. The van der Waals surface area contributed by atoms with Crippen LogP contribution in [-0.2, 0) is 11.3 Å². The van der Waals surface area contributed by atoms with E-state index in [0.29, 0.717) is 0 Å². The second-order valence-corrected chi connectivity index (χ2v) is 8.10. The van der Waals surface area contributed by atoms with Gasteiger partial charge in [-0.15, -0.1) is 0 Å². The highest BCUT2D eigenvalue weighted by Gasteiger charge is 2.19. The monoisotopic (exact) mass is 390 g/mol. The third-order valence-corrected chi connectivity index (χ3v) is 6.24. The molecule has 5 heteroatoms. The Labute approximate surface area is 172 Å². The maximum absolute atomic E-state index is 5.90. The fourth-order valence-corrected chi connectivity index (χ4v) is 4.54. The fourth-order valence-electron chi connectivity index (χ4n) is 4.54. The average molecular weight is 391 g/mol. The SMILES string of the molecule is c1ccc2c(c1)CCON2CCCCN1CCN(c2ccc3[nH]ccc3c2)CC1. The van der Waals surface area contributed by atoms with Crippen LogP contribution in [-0.4, -0.2) is 55.8 Å². The highest BCUT2D eigenvalue weighted by molar-refractivity contribution is 5.83. The van der Waals surface area contributed by atoms with Crippen LogP contribution in [0.1, 0.15) is 18.4 Å². The lowest BCUT2D eigenvalue weighted by Gasteiger charge is -2.36. The van der Waals surface area contributed by atoms with Crippen LogP contribution in [0, 0.1) is 0 Å². The van der Waals surface area contributed by atoms with Crippen molar-refractivity contribution in [1.29, 1.82) is 0 Å². The predicted octanol–water partition coefficient (Wildman–Crippen LogP) is 4.06. The number of unbranched alkanes of at least 4 members (excludes halogenated alkanes) is 1. The summed E-state index contributed by atoms with van der Waals surface area (Å²) in [6.45, 7) is 7.47. The molecule has 152 valence electrons. The predicted molar refractivity (Wildman–Crippen MR) is 120 cm³/mol. The summed E-state index contributed by atoms with van der Waals surface area (Å²) in [5.74, 6) is 0. The third-order valence-electron chi connectivity index (χ3n) is 6.24. The quantitative estimate of drug-likeness (QED) is 0.644. The molecule has 0 amide bonds. The molecule has 1 N–H and O–H groups in total. The van der Waals surface area contributed by atoms with Crippen LogP contribution in [0.2, 0.25) is 0 Å². The van der Waals surface area contributed by atoms with E-state index in [9.17, 15) is 0 Å². The van der Waals surface area contributed by atoms with E-state index in [1.807, 2.05) is 6.20 Å². The Morgan fingerprint density at radius 3 is 2.69 bits per heavy atom. The van der Waals surface area contributed by atoms with Crippen molar-refractivity contribution >= 4 is 22.3 Å². The summed E-state index contributed by atoms with van der Waals surface area (Å²) in [6, 6.07) is 17.5. The van der Waals surface area contributed by atoms with E-state index in [0.717, 1.165) is 45.8 Å². The summed E-state index contributed by atoms with van der Waals surface area (Å²) in [5.41, 5.74) is 5.23. The second kappa shape index (κ2) is 8.47. The van der Waals surface area contributed by atoms with Crippen LogP contribution in [0.15, 0.2) is 54.7 Å². The Balaban J connectivity index is 1.06. The summed E-state index contributed by atoms with van der Waals surface area (Å²) >= 11 is 0. The van der Waals surface area contributed by atoms with Crippen molar-refractivity contribution in [2.75, 3.05) is 55.8 Å². The van der Waals surface area contributed by atoms with Crippen molar-refractivity contribution in [3.63, 3.8) is 0 Å². The first-order valence-corrected chi connectivity index (χ1v) is 10.9.